The molecule has 1 aliphatic heterocycles. The molecule has 0 aromatic carbocycles. The first kappa shape index (κ1) is 13.7. The highest BCUT2D eigenvalue weighted by Crippen LogP contribution is 2.23. The van der Waals surface area contributed by atoms with Crippen LogP contribution in [0.5, 0.6) is 0 Å². The van der Waals surface area contributed by atoms with Gasteiger partial charge in [-0.15, -0.1) is 6.58 Å². The van der Waals surface area contributed by atoms with Crippen LogP contribution < -0.4 is 5.32 Å². The van der Waals surface area contributed by atoms with Crippen molar-refractivity contribution in [1.82, 2.24) is 10.2 Å². The van der Waals surface area contributed by atoms with Crippen molar-refractivity contribution in [1.29, 1.82) is 0 Å². The molecule has 1 heterocycles. The highest BCUT2D eigenvalue weighted by molar-refractivity contribution is 5.93. The number of carbonyl (C=O) groups is 2. The Labute approximate surface area is 103 Å². The lowest BCUT2D eigenvalue weighted by Gasteiger charge is -2.35. The zero-order valence-corrected chi connectivity index (χ0v) is 11.0. The molecule has 96 valence electrons. The molecule has 1 unspecified atom stereocenters. The molecule has 4 heteroatoms. The van der Waals surface area contributed by atoms with Crippen molar-refractivity contribution >= 4 is 11.8 Å². The fraction of sp³-hybridized carbons (Fsp3) is 0.692. The highest BCUT2D eigenvalue weighted by Gasteiger charge is 2.42. The number of hydrogen-bond acceptors (Lipinski definition) is 2. The van der Waals surface area contributed by atoms with Crippen LogP contribution in [-0.4, -0.2) is 34.8 Å². The van der Waals surface area contributed by atoms with E-state index in [-0.39, 0.29) is 17.9 Å². The van der Waals surface area contributed by atoms with Gasteiger partial charge in [-0.3, -0.25) is 9.59 Å². The molecule has 0 radical (unpaired) electrons. The van der Waals surface area contributed by atoms with Gasteiger partial charge >= 0.3 is 0 Å². The van der Waals surface area contributed by atoms with E-state index in [0.29, 0.717) is 25.8 Å². The van der Waals surface area contributed by atoms with Gasteiger partial charge in [0.15, 0.2) is 0 Å². The summed E-state index contributed by atoms with van der Waals surface area (Å²) >= 11 is 0. The quantitative estimate of drug-likeness (QED) is 0.754. The van der Waals surface area contributed by atoms with Crippen molar-refractivity contribution in [3.63, 3.8) is 0 Å². The molecule has 0 aromatic heterocycles. The Morgan fingerprint density at radius 3 is 2.53 bits per heavy atom. The SMILES string of the molecule is C=CC(C)N1CCC(=O)NC(CC)(CC)C1=O. The van der Waals surface area contributed by atoms with Gasteiger partial charge in [0.25, 0.3) is 0 Å². The molecule has 1 atom stereocenters. The molecule has 0 aliphatic carbocycles. The van der Waals surface area contributed by atoms with Crippen molar-refractivity contribution in [2.24, 2.45) is 0 Å². The van der Waals surface area contributed by atoms with Gasteiger partial charge in [0.1, 0.15) is 5.54 Å². The van der Waals surface area contributed by atoms with E-state index in [1.807, 2.05) is 20.8 Å². The van der Waals surface area contributed by atoms with E-state index in [4.69, 9.17) is 0 Å². The largest absolute Gasteiger partial charge is 0.342 e. The number of nitrogens with zero attached hydrogens (tertiary/aromatic N) is 1. The molecule has 4 nitrogen and oxygen atoms in total. The minimum absolute atomic E-state index is 0.0146. The van der Waals surface area contributed by atoms with Crippen molar-refractivity contribution < 1.29 is 9.59 Å². The van der Waals surface area contributed by atoms with Gasteiger partial charge in [-0.1, -0.05) is 19.9 Å². The molecule has 2 amide bonds. The predicted octanol–water partition coefficient (Wildman–Crippen LogP) is 1.47. The Morgan fingerprint density at radius 1 is 1.47 bits per heavy atom. The summed E-state index contributed by atoms with van der Waals surface area (Å²) in [6.07, 6.45) is 3.35. The van der Waals surface area contributed by atoms with Gasteiger partial charge in [-0.2, -0.15) is 0 Å². The van der Waals surface area contributed by atoms with Crippen molar-refractivity contribution in [3.8, 4) is 0 Å². The highest BCUT2D eigenvalue weighted by atomic mass is 16.2. The van der Waals surface area contributed by atoms with Crippen LogP contribution in [-0.2, 0) is 9.59 Å². The van der Waals surface area contributed by atoms with E-state index in [0.717, 1.165) is 0 Å². The van der Waals surface area contributed by atoms with E-state index in [1.165, 1.54) is 0 Å². The van der Waals surface area contributed by atoms with Gasteiger partial charge < -0.3 is 10.2 Å². The van der Waals surface area contributed by atoms with Crippen LogP contribution >= 0.6 is 0 Å². The second kappa shape index (κ2) is 5.34. The number of nitrogens with one attached hydrogen (secondary N) is 1. The Kier molecular flexibility index (Phi) is 4.32. The second-order valence-corrected chi connectivity index (χ2v) is 4.56. The summed E-state index contributed by atoms with van der Waals surface area (Å²) in [6, 6.07) is -0.0346. The first-order chi connectivity index (χ1) is 8.00. The molecule has 1 saturated heterocycles. The zero-order chi connectivity index (χ0) is 13.1. The van der Waals surface area contributed by atoms with Gasteiger partial charge in [0.2, 0.25) is 11.8 Å². The summed E-state index contributed by atoms with van der Waals surface area (Å²) in [5.41, 5.74) is -0.731. The van der Waals surface area contributed by atoms with E-state index in [2.05, 4.69) is 11.9 Å². The fourth-order valence-electron chi connectivity index (χ4n) is 2.23. The summed E-state index contributed by atoms with van der Waals surface area (Å²) in [5.74, 6) is -0.0263. The molecule has 17 heavy (non-hydrogen) atoms. The second-order valence-electron chi connectivity index (χ2n) is 4.56. The third-order valence-electron chi connectivity index (χ3n) is 3.67. The van der Waals surface area contributed by atoms with E-state index in [9.17, 15) is 9.59 Å². The van der Waals surface area contributed by atoms with Crippen LogP contribution in [0, 0.1) is 0 Å². The molecule has 0 spiro atoms. The Balaban J connectivity index is 3.08. The Bertz CT molecular complexity index is 321. The number of carbonyl (C=O) groups excluding carboxylic acids is 2. The first-order valence-electron chi connectivity index (χ1n) is 6.25. The molecule has 0 aromatic rings. The maximum atomic E-state index is 12.5. The summed E-state index contributed by atoms with van der Waals surface area (Å²) in [6.45, 7) is 9.99. The molecular weight excluding hydrogens is 216 g/mol. The summed E-state index contributed by atoms with van der Waals surface area (Å²) in [4.78, 5) is 26.0. The Hall–Kier alpha value is -1.32. The lowest BCUT2D eigenvalue weighted by atomic mass is 9.91. The maximum Gasteiger partial charge on any atom is 0.248 e. The average Bonchev–Trinajstić information content (AvgIpc) is 2.47. The van der Waals surface area contributed by atoms with Gasteiger partial charge in [-0.05, 0) is 19.8 Å². The van der Waals surface area contributed by atoms with E-state index >= 15 is 0 Å². The minimum Gasteiger partial charge on any atom is -0.342 e. The van der Waals surface area contributed by atoms with Gasteiger partial charge in [-0.25, -0.2) is 0 Å². The first-order valence-corrected chi connectivity index (χ1v) is 6.25. The van der Waals surface area contributed by atoms with Crippen LogP contribution in [0.25, 0.3) is 0 Å². The monoisotopic (exact) mass is 238 g/mol. The number of hydrogen-bond donors (Lipinski definition) is 1. The van der Waals surface area contributed by atoms with E-state index < -0.39 is 5.54 Å². The van der Waals surface area contributed by atoms with E-state index in [1.54, 1.807) is 11.0 Å². The van der Waals surface area contributed by atoms with Crippen molar-refractivity contribution in [2.45, 2.75) is 51.6 Å². The lowest BCUT2D eigenvalue weighted by Crippen LogP contribution is -2.57. The molecule has 1 fully saturated rings. The van der Waals surface area contributed by atoms with Crippen LogP contribution in [0.4, 0.5) is 0 Å². The molecule has 1 rings (SSSR count). The normalized spacial score (nSPS) is 21.7. The predicted molar refractivity (Wildman–Crippen MR) is 67.4 cm³/mol. The molecule has 1 N–H and O–H groups in total. The maximum absolute atomic E-state index is 12.5. The molecule has 1 aliphatic rings. The fourth-order valence-corrected chi connectivity index (χ4v) is 2.23. The van der Waals surface area contributed by atoms with Crippen LogP contribution in [0.1, 0.15) is 40.0 Å². The summed E-state index contributed by atoms with van der Waals surface area (Å²) in [5, 5.41) is 2.89. The third-order valence-corrected chi connectivity index (χ3v) is 3.67. The standard InChI is InChI=1S/C13H22N2O2/c1-5-10(4)15-9-8-11(16)14-13(6-2,7-3)12(15)17/h5,10H,1,6-9H2,2-4H3,(H,14,16). The van der Waals surface area contributed by atoms with Crippen molar-refractivity contribution in [2.75, 3.05) is 6.54 Å². The van der Waals surface area contributed by atoms with Gasteiger partial charge in [0, 0.05) is 19.0 Å². The average molecular weight is 238 g/mol. The van der Waals surface area contributed by atoms with Crippen LogP contribution in [0.3, 0.4) is 0 Å². The molecular formula is C13H22N2O2. The summed E-state index contributed by atoms with van der Waals surface area (Å²) in [7, 11) is 0. The third kappa shape index (κ3) is 2.51. The lowest BCUT2D eigenvalue weighted by molar-refractivity contribution is -0.140. The molecule has 0 saturated carbocycles. The number of amides is 2. The van der Waals surface area contributed by atoms with Crippen molar-refractivity contribution in [3.05, 3.63) is 12.7 Å². The zero-order valence-electron chi connectivity index (χ0n) is 11.0. The molecule has 0 bridgehead atoms. The smallest absolute Gasteiger partial charge is 0.248 e. The van der Waals surface area contributed by atoms with Crippen LogP contribution in [0.15, 0.2) is 12.7 Å². The van der Waals surface area contributed by atoms with Gasteiger partial charge in [0.05, 0.1) is 0 Å². The number of rotatable bonds is 4. The topological polar surface area (TPSA) is 49.4 Å². The minimum atomic E-state index is -0.731. The van der Waals surface area contributed by atoms with Crippen LogP contribution in [0.2, 0.25) is 0 Å². The Morgan fingerprint density at radius 2 is 2.06 bits per heavy atom. The summed E-state index contributed by atoms with van der Waals surface area (Å²) < 4.78 is 0.